The maximum atomic E-state index is 14.0. The number of benzene rings is 2. The molecule has 0 aromatic heterocycles. The van der Waals surface area contributed by atoms with Gasteiger partial charge in [-0.05, 0) is 79.4 Å². The number of ether oxygens (including phenoxy) is 2. The summed E-state index contributed by atoms with van der Waals surface area (Å²) in [6.07, 6.45) is 6.65. The third-order valence-electron chi connectivity index (χ3n) is 11.6. The Morgan fingerprint density at radius 2 is 1.95 bits per heavy atom. The number of allylic oxidation sites excluding steroid dienone is 4. The van der Waals surface area contributed by atoms with Gasteiger partial charge < -0.3 is 19.9 Å². The summed E-state index contributed by atoms with van der Waals surface area (Å²) in [5.41, 5.74) is 2.78. The largest absolute Gasteiger partial charge is 0.393 e. The molecule has 1 heterocycles. The Morgan fingerprint density at radius 1 is 1.16 bits per heavy atom. The molecule has 6 nitrogen and oxygen atoms in total. The van der Waals surface area contributed by atoms with Gasteiger partial charge in [0.2, 0.25) is 5.12 Å². The molecule has 2 aromatic carbocycles. The summed E-state index contributed by atoms with van der Waals surface area (Å²) in [4.78, 5) is 26.1. The average molecular weight is 618 g/mol. The number of nitrogens with one attached hydrogen (secondary N) is 1. The number of aliphatic hydroxyl groups excluding tert-OH is 1. The molecule has 3 saturated carbocycles. The molecular formula is C36H40FNO5S. The fourth-order valence-electron chi connectivity index (χ4n) is 9.59. The van der Waals surface area contributed by atoms with Crippen molar-refractivity contribution in [1.29, 1.82) is 0 Å². The van der Waals surface area contributed by atoms with E-state index in [9.17, 15) is 19.1 Å². The predicted molar refractivity (Wildman–Crippen MR) is 169 cm³/mol. The van der Waals surface area contributed by atoms with E-state index in [2.05, 4.69) is 43.4 Å². The van der Waals surface area contributed by atoms with Crippen LogP contribution < -0.4 is 5.32 Å². The summed E-state index contributed by atoms with van der Waals surface area (Å²) in [6, 6.07) is 15.6. The van der Waals surface area contributed by atoms with Crippen molar-refractivity contribution in [2.75, 3.05) is 18.4 Å². The third kappa shape index (κ3) is 4.39. The average Bonchev–Trinajstić information content (AvgIpc) is 3.51. The van der Waals surface area contributed by atoms with Crippen LogP contribution in [0.3, 0.4) is 0 Å². The third-order valence-corrected chi connectivity index (χ3v) is 12.3. The number of halogens is 1. The molecular weight excluding hydrogens is 577 g/mol. The number of alkyl halides is 1. The number of anilines is 1. The summed E-state index contributed by atoms with van der Waals surface area (Å²) < 4.78 is 27.1. The number of ketones is 1. The smallest absolute Gasteiger partial charge is 0.226 e. The highest BCUT2D eigenvalue weighted by Gasteiger charge is 2.76. The number of carbonyl (C=O) groups excluding carboxylic acids is 2. The van der Waals surface area contributed by atoms with Crippen LogP contribution >= 0.6 is 11.8 Å². The minimum Gasteiger partial charge on any atom is -0.393 e. The molecule has 8 heteroatoms. The van der Waals surface area contributed by atoms with Gasteiger partial charge in [0, 0.05) is 35.0 Å². The first kappa shape index (κ1) is 29.9. The Morgan fingerprint density at radius 3 is 2.70 bits per heavy atom. The van der Waals surface area contributed by atoms with Crippen molar-refractivity contribution in [3.8, 4) is 0 Å². The van der Waals surface area contributed by atoms with Gasteiger partial charge in [-0.1, -0.05) is 73.7 Å². The van der Waals surface area contributed by atoms with E-state index in [0.29, 0.717) is 24.6 Å². The summed E-state index contributed by atoms with van der Waals surface area (Å²) >= 11 is 0.647. The number of rotatable bonds is 6. The van der Waals surface area contributed by atoms with Gasteiger partial charge in [-0.25, -0.2) is 4.39 Å². The van der Waals surface area contributed by atoms with E-state index in [4.69, 9.17) is 9.47 Å². The summed E-state index contributed by atoms with van der Waals surface area (Å²) in [7, 11) is 1.91. The van der Waals surface area contributed by atoms with Gasteiger partial charge >= 0.3 is 0 Å². The lowest BCUT2D eigenvalue weighted by Gasteiger charge is -2.59. The highest BCUT2D eigenvalue weighted by molar-refractivity contribution is 8.13. The second-order valence-corrected chi connectivity index (χ2v) is 14.5. The number of hydrogen-bond donors (Lipinski definition) is 2. The molecule has 1 unspecified atom stereocenters. The van der Waals surface area contributed by atoms with Gasteiger partial charge in [0.05, 0.1) is 12.2 Å². The van der Waals surface area contributed by atoms with Crippen molar-refractivity contribution >= 4 is 28.3 Å². The molecule has 2 N–H and O–H groups in total. The van der Waals surface area contributed by atoms with Gasteiger partial charge in [0.25, 0.3) is 0 Å². The molecule has 232 valence electrons. The summed E-state index contributed by atoms with van der Waals surface area (Å²) in [6.45, 7) is 4.18. The monoisotopic (exact) mass is 617 g/mol. The van der Waals surface area contributed by atoms with Crippen molar-refractivity contribution in [2.24, 2.45) is 28.6 Å². The number of hydrogen-bond acceptors (Lipinski definition) is 7. The van der Waals surface area contributed by atoms with Crippen LogP contribution in [0.25, 0.3) is 0 Å². The first-order valence-electron chi connectivity index (χ1n) is 15.7. The predicted octanol–water partition coefficient (Wildman–Crippen LogP) is 6.55. The van der Waals surface area contributed by atoms with Crippen molar-refractivity contribution in [3.05, 3.63) is 89.0 Å². The van der Waals surface area contributed by atoms with Crippen LogP contribution in [0.2, 0.25) is 0 Å². The molecule has 44 heavy (non-hydrogen) atoms. The normalized spacial score (nSPS) is 38.8. The van der Waals surface area contributed by atoms with Crippen molar-refractivity contribution in [3.63, 3.8) is 0 Å². The Labute approximate surface area is 262 Å². The van der Waals surface area contributed by atoms with E-state index < -0.39 is 40.9 Å². The van der Waals surface area contributed by atoms with E-state index in [0.717, 1.165) is 41.6 Å². The molecule has 9 atom stereocenters. The van der Waals surface area contributed by atoms with Crippen molar-refractivity contribution < 1.29 is 28.6 Å². The number of thioether (sulfide) groups is 1. The van der Waals surface area contributed by atoms with E-state index in [1.54, 1.807) is 12.2 Å². The quantitative estimate of drug-likeness (QED) is 0.381. The van der Waals surface area contributed by atoms with Gasteiger partial charge in [0.15, 0.2) is 17.7 Å². The fraction of sp³-hybridized carbons (Fsp3) is 0.500. The van der Waals surface area contributed by atoms with Crippen LogP contribution in [0.5, 0.6) is 0 Å². The SMILES string of the molecule is CNc1cccc(Cc2ccc([C@@H]3O[C@@H]4CC5[C@@H]6CCC7=CC(=O)C=C[C@]7(C)[C@H]6[C@@H](O)C[C@]5(C)[C@]4(C(=O)SCF)O3)cc2)c1. The zero-order chi connectivity index (χ0) is 30.9. The van der Waals surface area contributed by atoms with Gasteiger partial charge in [-0.2, -0.15) is 0 Å². The van der Waals surface area contributed by atoms with Crippen molar-refractivity contribution in [1.82, 2.24) is 0 Å². The lowest BCUT2D eigenvalue weighted by atomic mass is 9.46. The van der Waals surface area contributed by atoms with E-state index in [-0.39, 0.29) is 28.7 Å². The van der Waals surface area contributed by atoms with Crippen molar-refractivity contribution in [2.45, 2.75) is 70.1 Å². The molecule has 1 saturated heterocycles. The van der Waals surface area contributed by atoms with Gasteiger partial charge in [-0.3, -0.25) is 9.59 Å². The molecule has 7 rings (SSSR count). The van der Waals surface area contributed by atoms with E-state index >= 15 is 0 Å². The molecule has 1 aliphatic heterocycles. The van der Waals surface area contributed by atoms with Crippen LogP contribution in [0.4, 0.5) is 10.1 Å². The zero-order valence-corrected chi connectivity index (χ0v) is 26.2. The second-order valence-electron chi connectivity index (χ2n) is 13.7. The van der Waals surface area contributed by atoms with Gasteiger partial charge in [0.1, 0.15) is 6.01 Å². The van der Waals surface area contributed by atoms with E-state index in [1.165, 1.54) is 5.56 Å². The summed E-state index contributed by atoms with van der Waals surface area (Å²) in [5.74, 6) is 0.0758. The van der Waals surface area contributed by atoms with E-state index in [1.807, 2.05) is 37.4 Å². The number of fused-ring (bicyclic) bond motifs is 7. The lowest BCUT2D eigenvalue weighted by Crippen LogP contribution is -2.62. The molecule has 2 aromatic rings. The maximum Gasteiger partial charge on any atom is 0.226 e. The van der Waals surface area contributed by atoms with Crippen LogP contribution in [0, 0.1) is 28.6 Å². The molecule has 0 spiro atoms. The zero-order valence-electron chi connectivity index (χ0n) is 25.4. The molecule has 0 amide bonds. The molecule has 0 radical (unpaired) electrons. The standard InChI is InChI=1S/C36H40FNO5S/c1-34-14-13-26(39)17-24(34)11-12-27-28-18-30-36(33(41)44-20-37,35(28,2)19-29(40)31(27)34)43-32(42-30)23-9-7-21(8-10-23)15-22-5-4-6-25(16-22)38-3/h4-10,13-14,16-17,27-32,38,40H,11-12,15,18-20H2,1-3H3/t27-,28?,29-,30+,31+,32+,34-,35-,36-/m0/s1. The first-order valence-corrected chi connectivity index (χ1v) is 16.7. The fourth-order valence-corrected chi connectivity index (χ4v) is 10.3. The summed E-state index contributed by atoms with van der Waals surface area (Å²) in [5, 5.41) is 14.7. The Hall–Kier alpha value is -2.78. The van der Waals surface area contributed by atoms with Crippen LogP contribution in [0.15, 0.2) is 72.3 Å². The number of aliphatic hydroxyl groups is 1. The maximum absolute atomic E-state index is 14.0. The topological polar surface area (TPSA) is 84.9 Å². The molecule has 4 aliphatic carbocycles. The Kier molecular flexibility index (Phi) is 7.43. The first-order chi connectivity index (χ1) is 21.1. The van der Waals surface area contributed by atoms with Crippen LogP contribution in [-0.4, -0.2) is 46.9 Å². The Bertz CT molecular complexity index is 1540. The van der Waals surface area contributed by atoms with Crippen LogP contribution in [-0.2, 0) is 25.5 Å². The molecule has 0 bridgehead atoms. The highest BCUT2D eigenvalue weighted by atomic mass is 32.2. The van der Waals surface area contributed by atoms with Gasteiger partial charge in [-0.15, -0.1) is 0 Å². The van der Waals surface area contributed by atoms with Crippen LogP contribution in [0.1, 0.15) is 62.5 Å². The molecule has 5 aliphatic rings. The Balaban J connectivity index is 1.17. The number of carbonyl (C=O) groups is 2. The molecule has 4 fully saturated rings. The minimum atomic E-state index is -1.37. The second kappa shape index (κ2) is 10.9. The highest BCUT2D eigenvalue weighted by Crippen LogP contribution is 2.71. The minimum absolute atomic E-state index is 0.00173. The lowest BCUT2D eigenvalue weighted by molar-refractivity contribution is -0.194.